The number of nitrogens with zero attached hydrogens (tertiary/aromatic N) is 1. The number of nitrogens with one attached hydrogen (secondary N) is 1. The second-order valence-electron chi connectivity index (χ2n) is 4.84. The Morgan fingerprint density at radius 3 is 2.43 bits per heavy atom. The van der Waals surface area contributed by atoms with Crippen LogP contribution in [-0.2, 0) is 17.8 Å². The summed E-state index contributed by atoms with van der Waals surface area (Å²) in [6.45, 7) is 0.328. The number of rotatable bonds is 6. The van der Waals surface area contributed by atoms with Gasteiger partial charge in [0.15, 0.2) is 0 Å². The summed E-state index contributed by atoms with van der Waals surface area (Å²) in [6.07, 6.45) is -0.160. The number of nitro benzene ring substituents is 1. The van der Waals surface area contributed by atoms with Crippen molar-refractivity contribution in [1.29, 1.82) is 0 Å². The second kappa shape index (κ2) is 7.17. The van der Waals surface area contributed by atoms with Gasteiger partial charge in [0.1, 0.15) is 0 Å². The van der Waals surface area contributed by atoms with Crippen LogP contribution in [0.15, 0.2) is 48.5 Å². The molecule has 0 fully saturated rings. The molecule has 1 amide bonds. The molecule has 0 unspecified atom stereocenters. The van der Waals surface area contributed by atoms with Crippen LogP contribution in [0.4, 0.5) is 5.69 Å². The number of hydrogen-bond acceptors (Lipinski definition) is 4. The first kappa shape index (κ1) is 16.2. The number of nitro groups is 1. The van der Waals surface area contributed by atoms with E-state index in [4.69, 9.17) is 5.11 Å². The summed E-state index contributed by atoms with van der Waals surface area (Å²) >= 11 is 0. The third-order valence-corrected chi connectivity index (χ3v) is 3.22. The van der Waals surface area contributed by atoms with Crippen LogP contribution in [0.3, 0.4) is 0 Å². The lowest BCUT2D eigenvalue weighted by molar-refractivity contribution is -0.384. The third kappa shape index (κ3) is 4.37. The highest BCUT2D eigenvalue weighted by molar-refractivity contribution is 5.92. The minimum atomic E-state index is -1.31. The van der Waals surface area contributed by atoms with Crippen molar-refractivity contribution in [2.45, 2.75) is 13.0 Å². The zero-order valence-corrected chi connectivity index (χ0v) is 12.1. The van der Waals surface area contributed by atoms with Crippen molar-refractivity contribution in [3.05, 3.63) is 75.3 Å². The van der Waals surface area contributed by atoms with Gasteiger partial charge in [-0.3, -0.25) is 14.9 Å². The molecular formula is C16H14N2O5. The number of carbonyl (C=O) groups excluding carboxylic acids is 1. The molecule has 0 spiro atoms. The molecule has 2 rings (SSSR count). The van der Waals surface area contributed by atoms with Crippen molar-refractivity contribution in [1.82, 2.24) is 5.32 Å². The van der Waals surface area contributed by atoms with Crippen LogP contribution in [0.1, 0.15) is 21.5 Å². The number of carbonyl (C=O) groups is 2. The van der Waals surface area contributed by atoms with E-state index in [0.29, 0.717) is 6.54 Å². The van der Waals surface area contributed by atoms with Crippen molar-refractivity contribution in [3.8, 4) is 0 Å². The van der Waals surface area contributed by atoms with Crippen LogP contribution in [-0.4, -0.2) is 21.9 Å². The van der Waals surface area contributed by atoms with Gasteiger partial charge in [-0.15, -0.1) is 0 Å². The molecule has 2 aromatic rings. The highest BCUT2D eigenvalue weighted by Gasteiger charge is 2.17. The average molecular weight is 314 g/mol. The lowest BCUT2D eigenvalue weighted by Gasteiger charge is -2.08. The maximum atomic E-state index is 11.9. The Hall–Kier alpha value is -3.22. The predicted molar refractivity (Wildman–Crippen MR) is 82.0 cm³/mol. The first-order valence-corrected chi connectivity index (χ1v) is 6.78. The topological polar surface area (TPSA) is 110 Å². The van der Waals surface area contributed by atoms with Gasteiger partial charge in [-0.05, 0) is 11.1 Å². The Bertz CT molecular complexity index is 743. The molecule has 0 aromatic heterocycles. The molecule has 23 heavy (non-hydrogen) atoms. The van der Waals surface area contributed by atoms with Crippen LogP contribution >= 0.6 is 0 Å². The van der Waals surface area contributed by atoms with Gasteiger partial charge in [0.25, 0.3) is 5.69 Å². The Kier molecular flexibility index (Phi) is 5.03. The first-order chi connectivity index (χ1) is 11.0. The largest absolute Gasteiger partial charge is 0.478 e. The summed E-state index contributed by atoms with van der Waals surface area (Å²) in [5.74, 6) is -1.66. The highest BCUT2D eigenvalue weighted by Crippen LogP contribution is 2.18. The maximum Gasteiger partial charge on any atom is 0.336 e. The molecule has 118 valence electrons. The molecular weight excluding hydrogens is 300 g/mol. The molecule has 0 aliphatic heterocycles. The Labute approximate surface area is 131 Å². The van der Waals surface area contributed by atoms with E-state index >= 15 is 0 Å². The van der Waals surface area contributed by atoms with Crippen LogP contribution in [0.5, 0.6) is 0 Å². The fourth-order valence-corrected chi connectivity index (χ4v) is 2.06. The molecule has 0 aliphatic rings. The molecule has 0 saturated heterocycles. The van der Waals surface area contributed by atoms with Gasteiger partial charge < -0.3 is 10.4 Å². The minimum Gasteiger partial charge on any atom is -0.478 e. The number of hydrogen-bond donors (Lipinski definition) is 2. The number of carboxylic acids is 1. The number of non-ortho nitro benzene ring substituents is 1. The van der Waals surface area contributed by atoms with Gasteiger partial charge in [0, 0.05) is 18.7 Å². The molecule has 7 heteroatoms. The molecule has 0 heterocycles. The summed E-state index contributed by atoms with van der Waals surface area (Å²) in [5.41, 5.74) is 0.585. The van der Waals surface area contributed by atoms with E-state index in [1.165, 1.54) is 12.1 Å². The van der Waals surface area contributed by atoms with E-state index in [2.05, 4.69) is 5.32 Å². The van der Waals surface area contributed by atoms with E-state index in [1.54, 1.807) is 0 Å². The van der Waals surface area contributed by atoms with Crippen molar-refractivity contribution in [2.24, 2.45) is 0 Å². The molecule has 2 aromatic carbocycles. The Balaban J connectivity index is 2.08. The van der Waals surface area contributed by atoms with E-state index in [-0.39, 0.29) is 29.1 Å². The summed E-state index contributed by atoms with van der Waals surface area (Å²) in [6, 6.07) is 12.7. The van der Waals surface area contributed by atoms with Gasteiger partial charge in [-0.1, -0.05) is 36.4 Å². The van der Waals surface area contributed by atoms with Gasteiger partial charge >= 0.3 is 5.97 Å². The van der Waals surface area contributed by atoms with Gasteiger partial charge in [0.2, 0.25) is 5.91 Å². The van der Waals surface area contributed by atoms with Crippen LogP contribution in [0.2, 0.25) is 0 Å². The van der Waals surface area contributed by atoms with E-state index in [0.717, 1.165) is 11.6 Å². The molecule has 0 radical (unpaired) electrons. The smallest absolute Gasteiger partial charge is 0.336 e. The summed E-state index contributed by atoms with van der Waals surface area (Å²) < 4.78 is 0. The fraction of sp³-hybridized carbons (Fsp3) is 0.125. The zero-order chi connectivity index (χ0) is 16.8. The lowest BCUT2D eigenvalue weighted by Crippen LogP contribution is -2.25. The number of benzene rings is 2. The fourth-order valence-electron chi connectivity index (χ4n) is 2.06. The normalized spacial score (nSPS) is 10.1. The summed E-state index contributed by atoms with van der Waals surface area (Å²) in [5, 5.41) is 22.5. The quantitative estimate of drug-likeness (QED) is 0.627. The van der Waals surface area contributed by atoms with E-state index in [9.17, 15) is 19.7 Å². The second-order valence-corrected chi connectivity index (χ2v) is 4.84. The van der Waals surface area contributed by atoms with Crippen LogP contribution < -0.4 is 5.32 Å². The zero-order valence-electron chi connectivity index (χ0n) is 12.1. The monoisotopic (exact) mass is 314 g/mol. The Morgan fingerprint density at radius 1 is 1.13 bits per heavy atom. The third-order valence-electron chi connectivity index (χ3n) is 3.22. The predicted octanol–water partition coefficient (Wildman–Crippen LogP) is 2.15. The van der Waals surface area contributed by atoms with Gasteiger partial charge in [0.05, 0.1) is 16.9 Å². The highest BCUT2D eigenvalue weighted by atomic mass is 16.6. The van der Waals surface area contributed by atoms with Crippen LogP contribution in [0, 0.1) is 10.1 Å². The van der Waals surface area contributed by atoms with Gasteiger partial charge in [-0.2, -0.15) is 0 Å². The average Bonchev–Trinajstić information content (AvgIpc) is 2.54. The van der Waals surface area contributed by atoms with Gasteiger partial charge in [-0.25, -0.2) is 4.79 Å². The molecule has 0 bridgehead atoms. The standard InChI is InChI=1S/C16H14N2O5/c19-15(17-10-11-4-2-1-3-5-11)8-12-6-7-13(18(22)23)9-14(12)16(20)21/h1-7,9H,8,10H2,(H,17,19)(H,20,21). The van der Waals surface area contributed by atoms with Crippen molar-refractivity contribution in [3.63, 3.8) is 0 Å². The number of aromatic carboxylic acids is 1. The number of carboxylic acid groups (broad SMARTS) is 1. The number of amides is 1. The minimum absolute atomic E-state index is 0.160. The van der Waals surface area contributed by atoms with Crippen molar-refractivity contribution in [2.75, 3.05) is 0 Å². The molecule has 0 atom stereocenters. The molecule has 2 N–H and O–H groups in total. The summed E-state index contributed by atoms with van der Waals surface area (Å²) in [4.78, 5) is 33.2. The van der Waals surface area contributed by atoms with E-state index < -0.39 is 10.9 Å². The SMILES string of the molecule is O=C(Cc1ccc([N+](=O)[O-])cc1C(=O)O)NCc1ccccc1. The van der Waals surface area contributed by atoms with Crippen LogP contribution in [0.25, 0.3) is 0 Å². The molecule has 7 nitrogen and oxygen atoms in total. The lowest BCUT2D eigenvalue weighted by atomic mass is 10.0. The first-order valence-electron chi connectivity index (χ1n) is 6.78. The summed E-state index contributed by atoms with van der Waals surface area (Å²) in [7, 11) is 0. The van der Waals surface area contributed by atoms with E-state index in [1.807, 2.05) is 30.3 Å². The maximum absolute atomic E-state index is 11.9. The van der Waals surface area contributed by atoms with Crippen molar-refractivity contribution < 1.29 is 19.6 Å². The Morgan fingerprint density at radius 2 is 1.83 bits per heavy atom. The molecule has 0 saturated carbocycles. The van der Waals surface area contributed by atoms with Crippen molar-refractivity contribution >= 4 is 17.6 Å². The molecule has 0 aliphatic carbocycles.